The average Bonchev–Trinajstić information content (AvgIpc) is 2.64. The van der Waals surface area contributed by atoms with E-state index >= 15 is 0 Å². The molecule has 1 saturated heterocycles. The minimum absolute atomic E-state index is 0.0132. The molecule has 1 fully saturated rings. The van der Waals surface area contributed by atoms with Crippen molar-refractivity contribution in [3.63, 3.8) is 0 Å². The van der Waals surface area contributed by atoms with Crippen molar-refractivity contribution in [2.24, 2.45) is 0 Å². The predicted molar refractivity (Wildman–Crippen MR) is 101 cm³/mol. The van der Waals surface area contributed by atoms with Crippen LogP contribution in [0, 0.1) is 6.92 Å². The fourth-order valence-corrected chi connectivity index (χ4v) is 3.20. The van der Waals surface area contributed by atoms with E-state index in [1.165, 1.54) is 0 Å². The molecule has 5 nitrogen and oxygen atoms in total. The molecular weight excluding hydrogens is 328 g/mol. The molecule has 1 aliphatic rings. The highest BCUT2D eigenvalue weighted by Gasteiger charge is 2.33. The lowest BCUT2D eigenvalue weighted by molar-refractivity contribution is -0.138. The number of carbonyl (C=O) groups excluding carboxylic acids is 2. The largest absolute Gasteiger partial charge is 0.392 e. The Labute approximate surface area is 153 Å². The van der Waals surface area contributed by atoms with Gasteiger partial charge < -0.3 is 14.9 Å². The molecule has 1 unspecified atom stereocenters. The Morgan fingerprint density at radius 2 is 1.69 bits per heavy atom. The predicted octanol–water partition coefficient (Wildman–Crippen LogP) is 2.29. The average molecular weight is 352 g/mol. The Bertz CT molecular complexity index is 784. The van der Waals surface area contributed by atoms with Gasteiger partial charge in [0.25, 0.3) is 0 Å². The Hall–Kier alpha value is -2.66. The highest BCUT2D eigenvalue weighted by Crippen LogP contribution is 2.21. The summed E-state index contributed by atoms with van der Waals surface area (Å²) >= 11 is 0. The first-order valence-corrected chi connectivity index (χ1v) is 8.83. The molecule has 0 aliphatic carbocycles. The lowest BCUT2D eigenvalue weighted by atomic mass is 10.1. The minimum atomic E-state index is -0.0593. The number of aryl methyl sites for hydroxylation is 1. The molecule has 3 rings (SSSR count). The molecule has 1 N–H and O–H groups in total. The van der Waals surface area contributed by atoms with Crippen LogP contribution in [0.1, 0.15) is 23.6 Å². The molecule has 26 heavy (non-hydrogen) atoms. The van der Waals surface area contributed by atoms with Crippen LogP contribution in [0.5, 0.6) is 0 Å². The number of aliphatic hydroxyl groups excluding tert-OH is 1. The summed E-state index contributed by atoms with van der Waals surface area (Å²) in [6.45, 7) is 4.57. The molecule has 0 spiro atoms. The van der Waals surface area contributed by atoms with Crippen LogP contribution in [-0.2, 0) is 22.6 Å². The first-order chi connectivity index (χ1) is 12.5. The topological polar surface area (TPSA) is 60.9 Å². The summed E-state index contributed by atoms with van der Waals surface area (Å²) in [7, 11) is 0. The van der Waals surface area contributed by atoms with Crippen molar-refractivity contribution in [3.8, 4) is 0 Å². The third-order valence-corrected chi connectivity index (χ3v) is 4.81. The zero-order valence-corrected chi connectivity index (χ0v) is 15.2. The molecule has 1 atom stereocenters. The van der Waals surface area contributed by atoms with Gasteiger partial charge in [0.05, 0.1) is 13.0 Å². The smallest absolute Gasteiger partial charge is 0.246 e. The van der Waals surface area contributed by atoms with Gasteiger partial charge in [-0.2, -0.15) is 0 Å². The molecule has 5 heteroatoms. The van der Waals surface area contributed by atoms with E-state index in [1.54, 1.807) is 9.80 Å². The van der Waals surface area contributed by atoms with E-state index in [9.17, 15) is 9.59 Å². The maximum atomic E-state index is 12.7. The lowest BCUT2D eigenvalue weighted by Gasteiger charge is -2.39. The first kappa shape index (κ1) is 18.1. The lowest BCUT2D eigenvalue weighted by Crippen LogP contribution is -2.57. The SMILES string of the molecule is Cc1ccc(N2CC(C)N(C(=O)Cc3ccc(CO)cc3)CC2=O)cc1. The van der Waals surface area contributed by atoms with E-state index in [-0.39, 0.29) is 37.4 Å². The van der Waals surface area contributed by atoms with Crippen molar-refractivity contribution < 1.29 is 14.7 Å². The second-order valence-corrected chi connectivity index (χ2v) is 6.86. The highest BCUT2D eigenvalue weighted by molar-refractivity contribution is 5.98. The number of amides is 2. The van der Waals surface area contributed by atoms with Crippen LogP contribution in [0.3, 0.4) is 0 Å². The summed E-state index contributed by atoms with van der Waals surface area (Å²) in [6.07, 6.45) is 0.258. The van der Waals surface area contributed by atoms with Crippen molar-refractivity contribution in [1.29, 1.82) is 0 Å². The van der Waals surface area contributed by atoms with Gasteiger partial charge in [0.15, 0.2) is 0 Å². The molecular formula is C21H24N2O3. The van der Waals surface area contributed by atoms with Crippen LogP contribution in [0.25, 0.3) is 0 Å². The van der Waals surface area contributed by atoms with Crippen LogP contribution in [0.15, 0.2) is 48.5 Å². The summed E-state index contributed by atoms with van der Waals surface area (Å²) in [5.41, 5.74) is 3.72. The normalized spacial score (nSPS) is 17.5. The third kappa shape index (κ3) is 3.94. The van der Waals surface area contributed by atoms with Gasteiger partial charge in [0, 0.05) is 18.3 Å². The molecule has 2 aromatic carbocycles. The standard InChI is InChI=1S/C21H24N2O3/c1-15-3-9-19(10-4-15)23-12-16(2)22(13-21(23)26)20(25)11-17-5-7-18(14-24)8-6-17/h3-10,16,24H,11-14H2,1-2H3. The van der Waals surface area contributed by atoms with E-state index in [0.29, 0.717) is 6.54 Å². The molecule has 1 heterocycles. The molecule has 2 amide bonds. The molecule has 1 aliphatic heterocycles. The second-order valence-electron chi connectivity index (χ2n) is 6.86. The monoisotopic (exact) mass is 352 g/mol. The van der Waals surface area contributed by atoms with Gasteiger partial charge in [0.2, 0.25) is 11.8 Å². The van der Waals surface area contributed by atoms with E-state index in [0.717, 1.165) is 22.4 Å². The van der Waals surface area contributed by atoms with Gasteiger partial charge in [-0.15, -0.1) is 0 Å². The van der Waals surface area contributed by atoms with Crippen LogP contribution < -0.4 is 4.90 Å². The van der Waals surface area contributed by atoms with Gasteiger partial charge in [0.1, 0.15) is 6.54 Å². The molecule has 0 saturated carbocycles. The maximum Gasteiger partial charge on any atom is 0.246 e. The maximum absolute atomic E-state index is 12.7. The van der Waals surface area contributed by atoms with E-state index in [1.807, 2.05) is 62.4 Å². The minimum Gasteiger partial charge on any atom is -0.392 e. The van der Waals surface area contributed by atoms with E-state index in [4.69, 9.17) is 5.11 Å². The molecule has 0 radical (unpaired) electrons. The number of aliphatic hydroxyl groups is 1. The number of nitrogens with zero attached hydrogens (tertiary/aromatic N) is 2. The highest BCUT2D eigenvalue weighted by atomic mass is 16.3. The van der Waals surface area contributed by atoms with Crippen LogP contribution in [0.4, 0.5) is 5.69 Å². The number of carbonyl (C=O) groups is 2. The second kappa shape index (κ2) is 7.70. The fourth-order valence-electron chi connectivity index (χ4n) is 3.20. The Balaban J connectivity index is 1.67. The number of hydrogen-bond donors (Lipinski definition) is 1. The number of hydrogen-bond acceptors (Lipinski definition) is 3. The molecule has 0 bridgehead atoms. The van der Waals surface area contributed by atoms with Gasteiger partial charge in [-0.25, -0.2) is 0 Å². The summed E-state index contributed by atoms with van der Waals surface area (Å²) in [5, 5.41) is 9.09. The number of benzene rings is 2. The molecule has 2 aromatic rings. The Morgan fingerprint density at radius 1 is 1.08 bits per heavy atom. The number of piperazine rings is 1. The van der Waals surface area contributed by atoms with Crippen molar-refractivity contribution in [1.82, 2.24) is 4.90 Å². The first-order valence-electron chi connectivity index (χ1n) is 8.83. The van der Waals surface area contributed by atoms with E-state index in [2.05, 4.69) is 0 Å². The van der Waals surface area contributed by atoms with Gasteiger partial charge in [-0.1, -0.05) is 42.0 Å². The summed E-state index contributed by atoms with van der Waals surface area (Å²) in [4.78, 5) is 28.7. The van der Waals surface area contributed by atoms with Crippen molar-refractivity contribution >= 4 is 17.5 Å². The van der Waals surface area contributed by atoms with Crippen LogP contribution in [0.2, 0.25) is 0 Å². The van der Waals surface area contributed by atoms with E-state index < -0.39 is 0 Å². The summed E-state index contributed by atoms with van der Waals surface area (Å²) < 4.78 is 0. The van der Waals surface area contributed by atoms with Crippen molar-refractivity contribution in [2.45, 2.75) is 32.9 Å². The molecule has 0 aromatic heterocycles. The summed E-state index contributed by atoms with van der Waals surface area (Å²) in [5.74, 6) is -0.109. The van der Waals surface area contributed by atoms with Gasteiger partial charge >= 0.3 is 0 Å². The zero-order chi connectivity index (χ0) is 18.7. The van der Waals surface area contributed by atoms with Crippen molar-refractivity contribution in [2.75, 3.05) is 18.0 Å². The fraction of sp³-hybridized carbons (Fsp3) is 0.333. The summed E-state index contributed by atoms with van der Waals surface area (Å²) in [6, 6.07) is 15.1. The van der Waals surface area contributed by atoms with Crippen LogP contribution >= 0.6 is 0 Å². The Morgan fingerprint density at radius 3 is 2.31 bits per heavy atom. The quantitative estimate of drug-likeness (QED) is 0.918. The van der Waals surface area contributed by atoms with Gasteiger partial charge in [-0.05, 0) is 37.1 Å². The number of rotatable bonds is 4. The van der Waals surface area contributed by atoms with Gasteiger partial charge in [-0.3, -0.25) is 9.59 Å². The zero-order valence-electron chi connectivity index (χ0n) is 15.2. The Kier molecular flexibility index (Phi) is 5.38. The molecule has 136 valence electrons. The van der Waals surface area contributed by atoms with Crippen LogP contribution in [-0.4, -0.2) is 41.0 Å². The van der Waals surface area contributed by atoms with Crippen molar-refractivity contribution in [3.05, 3.63) is 65.2 Å². The third-order valence-electron chi connectivity index (χ3n) is 4.81. The number of anilines is 1.